The highest BCUT2D eigenvalue weighted by atomic mass is 16.6. The molecule has 0 aliphatic heterocycles. The number of nitrogens with zero attached hydrogens (tertiary/aromatic N) is 1. The zero-order valence-electron chi connectivity index (χ0n) is 7.98. The summed E-state index contributed by atoms with van der Waals surface area (Å²) in [7, 11) is 1.60. The van der Waals surface area contributed by atoms with Crippen molar-refractivity contribution in [2.24, 2.45) is 0 Å². The Bertz CT molecular complexity index is 457. The van der Waals surface area contributed by atoms with E-state index in [1.807, 2.05) is 0 Å². The van der Waals surface area contributed by atoms with E-state index in [2.05, 4.69) is 17.2 Å². The predicted molar refractivity (Wildman–Crippen MR) is 55.6 cm³/mol. The van der Waals surface area contributed by atoms with E-state index in [9.17, 15) is 14.9 Å². The highest BCUT2D eigenvalue weighted by Crippen LogP contribution is 2.24. The van der Waals surface area contributed by atoms with Crippen molar-refractivity contribution < 1.29 is 9.72 Å². The lowest BCUT2D eigenvalue weighted by Crippen LogP contribution is -1.96. The van der Waals surface area contributed by atoms with Crippen LogP contribution in [0.15, 0.2) is 18.2 Å². The van der Waals surface area contributed by atoms with Gasteiger partial charge in [-0.25, -0.2) is 0 Å². The van der Waals surface area contributed by atoms with Gasteiger partial charge >= 0.3 is 0 Å². The normalized spacial score (nSPS) is 8.60. The number of hydrogen-bond acceptors (Lipinski definition) is 4. The Balaban J connectivity index is 3.21. The Morgan fingerprint density at radius 3 is 2.80 bits per heavy atom. The molecule has 0 heterocycles. The Kier molecular flexibility index (Phi) is 3.41. The van der Waals surface area contributed by atoms with Crippen molar-refractivity contribution in [3.63, 3.8) is 0 Å². The van der Waals surface area contributed by atoms with Crippen LogP contribution in [0.4, 0.5) is 11.4 Å². The van der Waals surface area contributed by atoms with Crippen LogP contribution in [0.25, 0.3) is 0 Å². The summed E-state index contributed by atoms with van der Waals surface area (Å²) in [5.74, 6) is 4.69. The SMILES string of the molecule is CNc1ccc(C#CC=O)cc1[N+](=O)[O-]. The van der Waals surface area contributed by atoms with Gasteiger partial charge in [0.05, 0.1) is 4.92 Å². The molecule has 1 N–H and O–H groups in total. The van der Waals surface area contributed by atoms with E-state index in [1.165, 1.54) is 6.07 Å². The first-order valence-electron chi connectivity index (χ1n) is 4.10. The van der Waals surface area contributed by atoms with Gasteiger partial charge in [-0.2, -0.15) is 0 Å². The number of hydrogen-bond donors (Lipinski definition) is 1. The fourth-order valence-corrected chi connectivity index (χ4v) is 1.08. The highest BCUT2D eigenvalue weighted by molar-refractivity contribution is 5.74. The van der Waals surface area contributed by atoms with Gasteiger partial charge in [0.1, 0.15) is 5.69 Å². The molecule has 15 heavy (non-hydrogen) atoms. The van der Waals surface area contributed by atoms with Crippen LogP contribution in [0, 0.1) is 22.0 Å². The Hall–Kier alpha value is -2.35. The van der Waals surface area contributed by atoms with Gasteiger partial charge in [-0.05, 0) is 18.1 Å². The average Bonchev–Trinajstić information content (AvgIpc) is 2.25. The quantitative estimate of drug-likeness (QED) is 0.340. The van der Waals surface area contributed by atoms with Crippen molar-refractivity contribution in [1.29, 1.82) is 0 Å². The van der Waals surface area contributed by atoms with Crippen molar-refractivity contribution in [2.45, 2.75) is 0 Å². The summed E-state index contributed by atoms with van der Waals surface area (Å²) in [5.41, 5.74) is 0.791. The van der Waals surface area contributed by atoms with Crippen LogP contribution in [-0.4, -0.2) is 18.3 Å². The average molecular weight is 204 g/mol. The van der Waals surface area contributed by atoms with Gasteiger partial charge in [0.25, 0.3) is 5.69 Å². The fraction of sp³-hybridized carbons (Fsp3) is 0.100. The summed E-state index contributed by atoms with van der Waals surface area (Å²) < 4.78 is 0. The summed E-state index contributed by atoms with van der Waals surface area (Å²) in [5, 5.41) is 13.4. The molecular formula is C10H8N2O3. The first kappa shape index (κ1) is 10.7. The summed E-state index contributed by atoms with van der Waals surface area (Å²) in [4.78, 5) is 20.2. The molecule has 0 amide bonds. The van der Waals surface area contributed by atoms with Gasteiger partial charge in [0.2, 0.25) is 0 Å². The van der Waals surface area contributed by atoms with E-state index in [0.717, 1.165) is 0 Å². The minimum absolute atomic E-state index is 0.0600. The lowest BCUT2D eigenvalue weighted by atomic mass is 10.2. The molecule has 5 heteroatoms. The van der Waals surface area contributed by atoms with Crippen molar-refractivity contribution in [3.05, 3.63) is 33.9 Å². The molecule has 5 nitrogen and oxygen atoms in total. The van der Waals surface area contributed by atoms with Gasteiger partial charge in [-0.1, -0.05) is 5.92 Å². The van der Waals surface area contributed by atoms with E-state index >= 15 is 0 Å². The number of aldehydes is 1. The highest BCUT2D eigenvalue weighted by Gasteiger charge is 2.12. The third-order valence-corrected chi connectivity index (χ3v) is 1.74. The smallest absolute Gasteiger partial charge is 0.293 e. The standard InChI is InChI=1S/C10H8N2O3/c1-11-9-5-4-8(3-2-6-13)7-10(9)12(14)15/h4-7,11H,1H3. The molecule has 0 radical (unpaired) electrons. The molecule has 76 valence electrons. The molecule has 0 unspecified atom stereocenters. The van der Waals surface area contributed by atoms with Crippen molar-refractivity contribution in [2.75, 3.05) is 12.4 Å². The van der Waals surface area contributed by atoms with Gasteiger partial charge in [0, 0.05) is 18.7 Å². The number of anilines is 1. The maximum Gasteiger partial charge on any atom is 0.293 e. The molecule has 0 atom stereocenters. The van der Waals surface area contributed by atoms with Gasteiger partial charge < -0.3 is 5.32 Å². The summed E-state index contributed by atoms with van der Waals surface area (Å²) in [6.07, 6.45) is 0.442. The lowest BCUT2D eigenvalue weighted by Gasteiger charge is -2.01. The third-order valence-electron chi connectivity index (χ3n) is 1.74. The second-order valence-corrected chi connectivity index (χ2v) is 2.63. The van der Waals surface area contributed by atoms with Crippen LogP contribution in [0.3, 0.4) is 0 Å². The first-order valence-corrected chi connectivity index (χ1v) is 4.10. The lowest BCUT2D eigenvalue weighted by molar-refractivity contribution is -0.384. The number of nitrogens with one attached hydrogen (secondary N) is 1. The van der Waals surface area contributed by atoms with E-state index < -0.39 is 4.92 Å². The molecule has 0 fully saturated rings. The second kappa shape index (κ2) is 4.77. The first-order chi connectivity index (χ1) is 7.19. The number of rotatable bonds is 2. The maximum absolute atomic E-state index is 10.7. The molecule has 1 aromatic rings. The summed E-state index contributed by atoms with van der Waals surface area (Å²) >= 11 is 0. The molecule has 0 spiro atoms. The summed E-state index contributed by atoms with van der Waals surface area (Å²) in [6.45, 7) is 0. The van der Waals surface area contributed by atoms with Crippen LogP contribution in [0.5, 0.6) is 0 Å². The molecule has 0 saturated heterocycles. The van der Waals surface area contributed by atoms with Gasteiger partial charge in [-0.15, -0.1) is 0 Å². The minimum atomic E-state index is -0.502. The second-order valence-electron chi connectivity index (χ2n) is 2.63. The molecule has 0 saturated carbocycles. The number of benzene rings is 1. The van der Waals surface area contributed by atoms with Gasteiger partial charge in [-0.3, -0.25) is 14.9 Å². The van der Waals surface area contributed by atoms with Crippen LogP contribution in [-0.2, 0) is 4.79 Å². The minimum Gasteiger partial charge on any atom is -0.383 e. The molecule has 0 bridgehead atoms. The monoisotopic (exact) mass is 204 g/mol. The fourth-order valence-electron chi connectivity index (χ4n) is 1.08. The third kappa shape index (κ3) is 2.54. The number of nitro groups is 1. The van der Waals surface area contributed by atoms with E-state index in [-0.39, 0.29) is 5.69 Å². The van der Waals surface area contributed by atoms with Crippen LogP contribution >= 0.6 is 0 Å². The number of carbonyl (C=O) groups is 1. The Morgan fingerprint density at radius 1 is 1.53 bits per heavy atom. The van der Waals surface area contributed by atoms with Crippen molar-refractivity contribution in [3.8, 4) is 11.8 Å². The van der Waals surface area contributed by atoms with Crippen molar-refractivity contribution in [1.82, 2.24) is 0 Å². The molecule has 0 aliphatic rings. The maximum atomic E-state index is 10.7. The van der Waals surface area contributed by atoms with Crippen LogP contribution < -0.4 is 5.32 Å². The van der Waals surface area contributed by atoms with Crippen LogP contribution in [0.2, 0.25) is 0 Å². The zero-order chi connectivity index (χ0) is 11.3. The Labute approximate surface area is 86.3 Å². The van der Waals surface area contributed by atoms with Gasteiger partial charge in [0.15, 0.2) is 6.29 Å². The Morgan fingerprint density at radius 2 is 2.27 bits per heavy atom. The molecule has 1 aromatic carbocycles. The van der Waals surface area contributed by atoms with Crippen LogP contribution in [0.1, 0.15) is 5.56 Å². The number of carbonyl (C=O) groups excluding carboxylic acids is 1. The van der Waals surface area contributed by atoms with E-state index in [0.29, 0.717) is 17.5 Å². The predicted octanol–water partition coefficient (Wildman–Crippen LogP) is 1.19. The van der Waals surface area contributed by atoms with Crippen molar-refractivity contribution >= 4 is 17.7 Å². The topological polar surface area (TPSA) is 72.2 Å². The molecular weight excluding hydrogens is 196 g/mol. The number of nitro benzene ring substituents is 1. The largest absolute Gasteiger partial charge is 0.383 e. The zero-order valence-corrected chi connectivity index (χ0v) is 7.98. The molecule has 0 aliphatic carbocycles. The summed E-state index contributed by atoms with van der Waals surface area (Å²) in [6, 6.07) is 4.48. The molecule has 0 aromatic heterocycles. The molecule has 1 rings (SSSR count). The van der Waals surface area contributed by atoms with E-state index in [1.54, 1.807) is 19.2 Å². The van der Waals surface area contributed by atoms with E-state index in [4.69, 9.17) is 0 Å².